The van der Waals surface area contributed by atoms with Gasteiger partial charge in [0, 0.05) is 39.9 Å². The van der Waals surface area contributed by atoms with E-state index in [1.54, 1.807) is 16.2 Å². The van der Waals surface area contributed by atoms with E-state index in [4.69, 9.17) is 20.9 Å². The number of rotatable bonds is 10. The molecule has 4 atom stereocenters. The van der Waals surface area contributed by atoms with Crippen LogP contribution in [0.25, 0.3) is 10.2 Å². The van der Waals surface area contributed by atoms with Gasteiger partial charge in [-0.1, -0.05) is 39.6 Å². The van der Waals surface area contributed by atoms with Gasteiger partial charge in [-0.15, -0.1) is 11.3 Å². The summed E-state index contributed by atoms with van der Waals surface area (Å²) in [6.07, 6.45) is 5.32. The number of nitrogens with one attached hydrogen (secondary N) is 3. The van der Waals surface area contributed by atoms with Crippen LogP contribution < -0.4 is 16.4 Å². The number of fused-ring (bicyclic) bond motifs is 1. The van der Waals surface area contributed by atoms with Crippen molar-refractivity contribution in [2.75, 3.05) is 56.4 Å². The number of nitrogens with zero attached hydrogens (tertiary/aromatic N) is 4. The van der Waals surface area contributed by atoms with Gasteiger partial charge in [-0.25, -0.2) is 9.97 Å². The Balaban J connectivity index is 1.33. The minimum atomic E-state index is -1.26. The summed E-state index contributed by atoms with van der Waals surface area (Å²) < 4.78 is 6.95. The monoisotopic (exact) mass is 678 g/mol. The highest BCUT2D eigenvalue weighted by Crippen LogP contribution is 2.39. The van der Waals surface area contributed by atoms with Crippen molar-refractivity contribution >= 4 is 64.8 Å². The molecular formula is C34H50N8O3SSi. The first kappa shape index (κ1) is 34.9. The molecule has 0 bridgehead atoms. The first-order valence-electron chi connectivity index (χ1n) is 16.7. The number of nitrogen functional groups attached to an aromatic ring is 1. The number of pyridine rings is 1. The molecule has 47 heavy (non-hydrogen) atoms. The van der Waals surface area contributed by atoms with Crippen molar-refractivity contribution in [2.45, 2.75) is 70.8 Å². The van der Waals surface area contributed by atoms with Gasteiger partial charge in [0.2, 0.25) is 0 Å². The second kappa shape index (κ2) is 14.8. The van der Waals surface area contributed by atoms with Crippen LogP contribution in [0.1, 0.15) is 61.2 Å². The van der Waals surface area contributed by atoms with Crippen molar-refractivity contribution in [2.24, 2.45) is 11.8 Å². The number of likely N-dealkylation sites (tertiary alicyclic amines) is 2. The SMILES string of the molecule is CC1CN(C)CCC1c1nc2cc([C@H]3CC[C@H](C)CN3C(=O)C(=O)Nc3cnc(N)c(C=N)c3NCOCC[Si](C)(C)C)ccc2s1. The summed E-state index contributed by atoms with van der Waals surface area (Å²) >= 11 is 1.77. The van der Waals surface area contributed by atoms with Gasteiger partial charge in [-0.05, 0) is 68.4 Å². The van der Waals surface area contributed by atoms with Crippen molar-refractivity contribution < 1.29 is 14.3 Å². The van der Waals surface area contributed by atoms with E-state index in [2.05, 4.69) is 79.3 Å². The lowest BCUT2D eigenvalue weighted by Crippen LogP contribution is -2.46. The quantitative estimate of drug-likeness (QED) is 0.0672. The summed E-state index contributed by atoms with van der Waals surface area (Å²) in [7, 11) is 0.920. The van der Waals surface area contributed by atoms with Crippen LogP contribution in [0.5, 0.6) is 0 Å². The molecule has 0 spiro atoms. The van der Waals surface area contributed by atoms with Gasteiger partial charge in [-0.3, -0.25) is 9.59 Å². The van der Waals surface area contributed by atoms with E-state index in [9.17, 15) is 9.59 Å². The highest BCUT2D eigenvalue weighted by Gasteiger charge is 2.35. The number of thiazole rings is 1. The molecular weight excluding hydrogens is 629 g/mol. The molecule has 254 valence electrons. The molecule has 13 heteroatoms. The lowest BCUT2D eigenvalue weighted by molar-refractivity contribution is -0.146. The summed E-state index contributed by atoms with van der Waals surface area (Å²) in [5.41, 5.74) is 9.00. The van der Waals surface area contributed by atoms with Gasteiger partial charge in [0.1, 0.15) is 12.5 Å². The predicted molar refractivity (Wildman–Crippen MR) is 194 cm³/mol. The Morgan fingerprint density at radius 1 is 1.19 bits per heavy atom. The van der Waals surface area contributed by atoms with Crippen LogP contribution in [0.2, 0.25) is 25.7 Å². The van der Waals surface area contributed by atoms with E-state index >= 15 is 0 Å². The van der Waals surface area contributed by atoms with E-state index in [0.717, 1.165) is 60.4 Å². The number of piperidine rings is 2. The Morgan fingerprint density at radius 3 is 2.70 bits per heavy atom. The molecule has 2 saturated heterocycles. The van der Waals surface area contributed by atoms with E-state index in [0.29, 0.717) is 36.2 Å². The molecule has 3 aromatic rings. The lowest BCUT2D eigenvalue weighted by atomic mass is 9.87. The molecule has 0 radical (unpaired) electrons. The summed E-state index contributed by atoms with van der Waals surface area (Å²) in [6, 6.07) is 7.09. The molecule has 2 aliphatic heterocycles. The van der Waals surface area contributed by atoms with Crippen LogP contribution in [0.15, 0.2) is 24.4 Å². The second-order valence-electron chi connectivity index (χ2n) is 14.6. The molecule has 2 aromatic heterocycles. The van der Waals surface area contributed by atoms with Crippen LogP contribution in [0.3, 0.4) is 0 Å². The maximum absolute atomic E-state index is 13.9. The molecule has 5 N–H and O–H groups in total. The van der Waals surface area contributed by atoms with Crippen LogP contribution in [-0.4, -0.2) is 85.9 Å². The Hall–Kier alpha value is -3.39. The molecule has 5 rings (SSSR count). The fourth-order valence-corrected chi connectivity index (χ4v) is 8.60. The fraction of sp³-hybridized carbons (Fsp3) is 0.559. The number of hydrogen-bond acceptors (Lipinski definition) is 10. The predicted octanol–water partition coefficient (Wildman–Crippen LogP) is 5.99. The number of carbonyl (C=O) groups is 2. The minimum Gasteiger partial charge on any atom is -0.383 e. The normalized spacial score (nSPS) is 22.3. The van der Waals surface area contributed by atoms with Gasteiger partial charge >= 0.3 is 11.8 Å². The number of benzene rings is 1. The maximum Gasteiger partial charge on any atom is 0.314 e. The van der Waals surface area contributed by atoms with Gasteiger partial charge in [0.05, 0.1) is 44.4 Å². The summed E-state index contributed by atoms with van der Waals surface area (Å²) in [5, 5.41) is 15.0. The average molecular weight is 679 g/mol. The van der Waals surface area contributed by atoms with Crippen molar-refractivity contribution in [3.8, 4) is 0 Å². The number of anilines is 3. The molecule has 1 aromatic carbocycles. The number of aromatic nitrogens is 2. The molecule has 0 aliphatic carbocycles. The van der Waals surface area contributed by atoms with Gasteiger partial charge in [0.25, 0.3) is 0 Å². The van der Waals surface area contributed by atoms with Crippen LogP contribution in [0, 0.1) is 17.2 Å². The fourth-order valence-electron chi connectivity index (χ4n) is 6.63. The zero-order valence-corrected chi connectivity index (χ0v) is 30.4. The number of amides is 2. The highest BCUT2D eigenvalue weighted by atomic mass is 32.1. The van der Waals surface area contributed by atoms with Crippen LogP contribution >= 0.6 is 11.3 Å². The van der Waals surface area contributed by atoms with Gasteiger partial charge in [0.15, 0.2) is 0 Å². The third-order valence-corrected chi connectivity index (χ3v) is 12.3. The molecule has 11 nitrogen and oxygen atoms in total. The Bertz CT molecular complexity index is 1610. The second-order valence-corrected chi connectivity index (χ2v) is 21.2. The number of carbonyl (C=O) groups excluding carboxylic acids is 2. The number of nitrogens with two attached hydrogens (primary N) is 1. The Labute approximate surface area is 283 Å². The first-order chi connectivity index (χ1) is 22.3. The largest absolute Gasteiger partial charge is 0.383 e. The zero-order valence-electron chi connectivity index (χ0n) is 28.6. The van der Waals surface area contributed by atoms with Crippen molar-refractivity contribution in [3.63, 3.8) is 0 Å². The number of hydrogen-bond donors (Lipinski definition) is 4. The average Bonchev–Trinajstić information content (AvgIpc) is 3.44. The Kier molecular flexibility index (Phi) is 11.0. The van der Waals surface area contributed by atoms with E-state index in [-0.39, 0.29) is 30.2 Å². The zero-order chi connectivity index (χ0) is 33.9. The summed E-state index contributed by atoms with van der Waals surface area (Å²) in [5.74, 6) is 0.0385. The summed E-state index contributed by atoms with van der Waals surface area (Å²) in [6.45, 7) is 14.7. The molecule has 2 amide bonds. The first-order valence-corrected chi connectivity index (χ1v) is 21.2. The van der Waals surface area contributed by atoms with Crippen LogP contribution in [0.4, 0.5) is 17.2 Å². The van der Waals surface area contributed by atoms with E-state index in [1.807, 2.05) is 0 Å². The maximum atomic E-state index is 13.9. The van der Waals surface area contributed by atoms with E-state index in [1.165, 1.54) is 11.2 Å². The Morgan fingerprint density at radius 2 is 1.98 bits per heavy atom. The third-order valence-electron chi connectivity index (χ3n) is 9.40. The summed E-state index contributed by atoms with van der Waals surface area (Å²) in [4.78, 5) is 40.8. The third kappa shape index (κ3) is 8.37. The van der Waals surface area contributed by atoms with Crippen molar-refractivity contribution in [1.29, 1.82) is 5.41 Å². The topological polar surface area (TPSA) is 150 Å². The van der Waals surface area contributed by atoms with Crippen molar-refractivity contribution in [1.82, 2.24) is 19.8 Å². The standard InChI is InChI=1S/C34H50N8O3SSi/c1-21-7-9-28(23-8-10-29-26(15-23)40-33(46-29)24-11-12-41(3)19-22(24)2)42(18-21)34(44)32(43)39-27-17-37-31(36)25(16-35)30(27)38-20-45-13-14-47(4,5)6/h8,10,15-17,21-22,24,28,35H,7,9,11-14,18-20H2,1-6H3,(H,39,43)(H3,36,37,38)/t21-,22?,24?,28+/m0/s1. The molecule has 4 heterocycles. The van der Waals surface area contributed by atoms with E-state index < -0.39 is 19.9 Å². The smallest absolute Gasteiger partial charge is 0.314 e. The van der Waals surface area contributed by atoms with Crippen molar-refractivity contribution in [3.05, 3.63) is 40.5 Å². The highest BCUT2D eigenvalue weighted by molar-refractivity contribution is 7.18. The molecule has 0 saturated carbocycles. The number of ether oxygens (including phenoxy) is 1. The molecule has 2 unspecified atom stereocenters. The molecule has 2 fully saturated rings. The molecule has 2 aliphatic rings. The minimum absolute atomic E-state index is 0.143. The van der Waals surface area contributed by atoms with Crippen LogP contribution in [-0.2, 0) is 14.3 Å². The van der Waals surface area contributed by atoms with Gasteiger partial charge in [-0.2, -0.15) is 0 Å². The van der Waals surface area contributed by atoms with Gasteiger partial charge < -0.3 is 36.3 Å². The lowest BCUT2D eigenvalue weighted by Gasteiger charge is -2.38.